The molecule has 2 heteroatoms. The second-order valence-corrected chi connectivity index (χ2v) is 4.59. The van der Waals surface area contributed by atoms with Crippen molar-refractivity contribution >= 4 is 0 Å². The van der Waals surface area contributed by atoms with Crippen molar-refractivity contribution in [1.82, 2.24) is 10.2 Å². The van der Waals surface area contributed by atoms with Crippen molar-refractivity contribution in [1.29, 1.82) is 0 Å². The summed E-state index contributed by atoms with van der Waals surface area (Å²) in [5.74, 6) is 0. The summed E-state index contributed by atoms with van der Waals surface area (Å²) in [4.78, 5) is 2.50. The van der Waals surface area contributed by atoms with Crippen LogP contribution in [-0.4, -0.2) is 37.1 Å². The maximum atomic E-state index is 3.54. The average Bonchev–Trinajstić information content (AvgIpc) is 2.25. The van der Waals surface area contributed by atoms with Crippen LogP contribution in [0.2, 0.25) is 0 Å². The first-order chi connectivity index (χ1) is 7.15. The minimum absolute atomic E-state index is 0.654. The van der Waals surface area contributed by atoms with Crippen molar-refractivity contribution < 1.29 is 0 Å². The van der Waals surface area contributed by atoms with Crippen LogP contribution in [0.4, 0.5) is 0 Å². The third kappa shape index (κ3) is 6.91. The Morgan fingerprint density at radius 1 is 1.13 bits per heavy atom. The van der Waals surface area contributed by atoms with E-state index in [-0.39, 0.29) is 0 Å². The molecule has 0 bridgehead atoms. The van der Waals surface area contributed by atoms with Gasteiger partial charge in [-0.2, -0.15) is 0 Å². The normalized spacial score (nSPS) is 13.8. The fourth-order valence-corrected chi connectivity index (χ4v) is 1.98. The van der Waals surface area contributed by atoms with Crippen LogP contribution in [0.3, 0.4) is 0 Å². The van der Waals surface area contributed by atoms with Gasteiger partial charge in [0.05, 0.1) is 0 Å². The van der Waals surface area contributed by atoms with Crippen molar-refractivity contribution in [3.63, 3.8) is 0 Å². The summed E-state index contributed by atoms with van der Waals surface area (Å²) >= 11 is 0. The first kappa shape index (κ1) is 14.9. The van der Waals surface area contributed by atoms with Crippen molar-refractivity contribution in [2.75, 3.05) is 20.1 Å². The molecule has 1 unspecified atom stereocenters. The van der Waals surface area contributed by atoms with Crippen LogP contribution in [-0.2, 0) is 0 Å². The molecule has 0 aromatic carbocycles. The SMILES string of the molecule is CCCNC(C)CCN(C)C(CC)CC. The predicted octanol–water partition coefficient (Wildman–Crippen LogP) is 2.89. The molecule has 0 heterocycles. The first-order valence-electron chi connectivity index (χ1n) is 6.59. The molecule has 1 atom stereocenters. The molecule has 0 amide bonds. The predicted molar refractivity (Wildman–Crippen MR) is 69.4 cm³/mol. The summed E-state index contributed by atoms with van der Waals surface area (Å²) in [6, 6.07) is 1.42. The molecule has 0 aliphatic heterocycles. The summed E-state index contributed by atoms with van der Waals surface area (Å²) in [6.45, 7) is 11.4. The van der Waals surface area contributed by atoms with E-state index in [2.05, 4.69) is 45.0 Å². The second kappa shape index (κ2) is 9.17. The highest BCUT2D eigenvalue weighted by atomic mass is 15.1. The fourth-order valence-electron chi connectivity index (χ4n) is 1.98. The van der Waals surface area contributed by atoms with Crippen LogP contribution in [0.15, 0.2) is 0 Å². The lowest BCUT2D eigenvalue weighted by Crippen LogP contribution is -2.36. The summed E-state index contributed by atoms with van der Waals surface area (Å²) in [5, 5.41) is 3.54. The van der Waals surface area contributed by atoms with Crippen LogP contribution in [0.25, 0.3) is 0 Å². The zero-order valence-electron chi connectivity index (χ0n) is 11.3. The Bertz CT molecular complexity index is 132. The van der Waals surface area contributed by atoms with E-state index in [1.54, 1.807) is 0 Å². The minimum Gasteiger partial charge on any atom is -0.314 e. The van der Waals surface area contributed by atoms with Gasteiger partial charge >= 0.3 is 0 Å². The van der Waals surface area contributed by atoms with Gasteiger partial charge in [0, 0.05) is 12.1 Å². The van der Waals surface area contributed by atoms with Gasteiger partial charge in [0.25, 0.3) is 0 Å². The molecule has 0 saturated carbocycles. The Kier molecular flexibility index (Phi) is 9.12. The van der Waals surface area contributed by atoms with E-state index in [1.165, 1.54) is 32.2 Å². The Balaban J connectivity index is 3.63. The van der Waals surface area contributed by atoms with Crippen molar-refractivity contribution in [2.45, 2.75) is 65.5 Å². The van der Waals surface area contributed by atoms with Gasteiger partial charge in [0.2, 0.25) is 0 Å². The summed E-state index contributed by atoms with van der Waals surface area (Å²) in [6.07, 6.45) is 5.02. The fraction of sp³-hybridized carbons (Fsp3) is 1.00. The van der Waals surface area contributed by atoms with Gasteiger partial charge in [-0.1, -0.05) is 20.8 Å². The molecular weight excluding hydrogens is 184 g/mol. The summed E-state index contributed by atoms with van der Waals surface area (Å²) < 4.78 is 0. The maximum absolute atomic E-state index is 3.54. The van der Waals surface area contributed by atoms with Gasteiger partial charge in [-0.15, -0.1) is 0 Å². The highest BCUT2D eigenvalue weighted by Gasteiger charge is 2.10. The lowest BCUT2D eigenvalue weighted by Gasteiger charge is -2.27. The molecule has 0 aromatic rings. The van der Waals surface area contributed by atoms with Gasteiger partial charge < -0.3 is 10.2 Å². The smallest absolute Gasteiger partial charge is 0.00869 e. The van der Waals surface area contributed by atoms with Gasteiger partial charge in [0.15, 0.2) is 0 Å². The highest BCUT2D eigenvalue weighted by molar-refractivity contribution is 4.68. The molecule has 0 radical (unpaired) electrons. The monoisotopic (exact) mass is 214 g/mol. The van der Waals surface area contributed by atoms with E-state index >= 15 is 0 Å². The molecule has 92 valence electrons. The van der Waals surface area contributed by atoms with Crippen LogP contribution in [0.5, 0.6) is 0 Å². The van der Waals surface area contributed by atoms with Crippen LogP contribution in [0, 0.1) is 0 Å². The molecule has 0 saturated heterocycles. The number of nitrogens with zero attached hydrogens (tertiary/aromatic N) is 1. The topological polar surface area (TPSA) is 15.3 Å². The number of nitrogens with one attached hydrogen (secondary N) is 1. The molecule has 0 aromatic heterocycles. The lowest BCUT2D eigenvalue weighted by molar-refractivity contribution is 0.219. The van der Waals surface area contributed by atoms with Gasteiger partial charge in [0.1, 0.15) is 0 Å². The average molecular weight is 214 g/mol. The van der Waals surface area contributed by atoms with Gasteiger partial charge in [-0.3, -0.25) is 0 Å². The van der Waals surface area contributed by atoms with Crippen molar-refractivity contribution in [2.24, 2.45) is 0 Å². The zero-order chi connectivity index (χ0) is 11.7. The van der Waals surface area contributed by atoms with Gasteiger partial charge in [-0.05, 0) is 52.7 Å². The molecule has 0 aliphatic carbocycles. The van der Waals surface area contributed by atoms with Gasteiger partial charge in [-0.25, -0.2) is 0 Å². The van der Waals surface area contributed by atoms with E-state index in [0.29, 0.717) is 6.04 Å². The molecule has 0 rings (SSSR count). The molecule has 0 spiro atoms. The Labute approximate surface area is 96.4 Å². The maximum Gasteiger partial charge on any atom is 0.00869 e. The van der Waals surface area contributed by atoms with Crippen LogP contribution >= 0.6 is 0 Å². The molecule has 15 heavy (non-hydrogen) atoms. The molecule has 0 fully saturated rings. The standard InChI is InChI=1S/C13H30N2/c1-6-10-14-12(4)9-11-15(5)13(7-2)8-3/h12-14H,6-11H2,1-5H3. The molecular formula is C13H30N2. The lowest BCUT2D eigenvalue weighted by atomic mass is 10.1. The molecule has 0 aliphatic rings. The number of rotatable bonds is 9. The van der Waals surface area contributed by atoms with Crippen LogP contribution in [0.1, 0.15) is 53.4 Å². The Morgan fingerprint density at radius 3 is 2.20 bits per heavy atom. The first-order valence-corrected chi connectivity index (χ1v) is 6.59. The number of hydrogen-bond acceptors (Lipinski definition) is 2. The third-order valence-corrected chi connectivity index (χ3v) is 3.22. The largest absolute Gasteiger partial charge is 0.314 e. The van der Waals surface area contributed by atoms with Crippen molar-refractivity contribution in [3.05, 3.63) is 0 Å². The minimum atomic E-state index is 0.654. The second-order valence-electron chi connectivity index (χ2n) is 4.59. The van der Waals surface area contributed by atoms with E-state index in [4.69, 9.17) is 0 Å². The number of hydrogen-bond donors (Lipinski definition) is 1. The van der Waals surface area contributed by atoms with Crippen LogP contribution < -0.4 is 5.32 Å². The third-order valence-electron chi connectivity index (χ3n) is 3.22. The Hall–Kier alpha value is -0.0800. The van der Waals surface area contributed by atoms with E-state index in [1.807, 2.05) is 0 Å². The zero-order valence-corrected chi connectivity index (χ0v) is 11.3. The Morgan fingerprint density at radius 2 is 1.73 bits per heavy atom. The molecule has 1 N–H and O–H groups in total. The van der Waals surface area contributed by atoms with E-state index in [9.17, 15) is 0 Å². The summed E-state index contributed by atoms with van der Waals surface area (Å²) in [5.41, 5.74) is 0. The quantitative estimate of drug-likeness (QED) is 0.635. The van der Waals surface area contributed by atoms with Crippen molar-refractivity contribution in [3.8, 4) is 0 Å². The van der Waals surface area contributed by atoms with E-state index < -0.39 is 0 Å². The highest BCUT2D eigenvalue weighted by Crippen LogP contribution is 2.07. The van der Waals surface area contributed by atoms with E-state index in [0.717, 1.165) is 12.6 Å². The summed E-state index contributed by atoms with van der Waals surface area (Å²) in [7, 11) is 2.25. The molecule has 2 nitrogen and oxygen atoms in total.